The number of aromatic hydroxyl groups is 2. The van der Waals surface area contributed by atoms with Crippen LogP contribution in [0.4, 0.5) is 10.1 Å². The first-order chi connectivity index (χ1) is 16.9. The van der Waals surface area contributed by atoms with Crippen LogP contribution in [-0.4, -0.2) is 21.1 Å². The molecule has 0 aliphatic heterocycles. The molecule has 0 bridgehead atoms. The Bertz CT molecular complexity index is 1530. The molecule has 0 fully saturated rings. The third kappa shape index (κ3) is 4.58. The minimum absolute atomic E-state index is 0.0985. The van der Waals surface area contributed by atoms with Crippen LogP contribution in [-0.2, 0) is 6.54 Å². The van der Waals surface area contributed by atoms with Gasteiger partial charge in [0.2, 0.25) is 0 Å². The molecular formula is C28H21FN2O3S. The smallest absolute Gasteiger partial charge is 0.262 e. The van der Waals surface area contributed by atoms with Crippen molar-refractivity contribution in [3.63, 3.8) is 0 Å². The van der Waals surface area contributed by atoms with Crippen molar-refractivity contribution in [1.29, 1.82) is 0 Å². The Morgan fingerprint density at radius 3 is 2.51 bits per heavy atom. The van der Waals surface area contributed by atoms with Crippen LogP contribution in [0.5, 0.6) is 11.5 Å². The Morgan fingerprint density at radius 1 is 1.00 bits per heavy atom. The Morgan fingerprint density at radius 2 is 1.80 bits per heavy atom. The van der Waals surface area contributed by atoms with Gasteiger partial charge in [-0.1, -0.05) is 12.1 Å². The minimum Gasteiger partial charge on any atom is -0.508 e. The van der Waals surface area contributed by atoms with Crippen LogP contribution in [0.25, 0.3) is 22.2 Å². The molecule has 0 aliphatic carbocycles. The van der Waals surface area contributed by atoms with Crippen LogP contribution in [0.1, 0.15) is 21.5 Å². The minimum atomic E-state index is -0.386. The van der Waals surface area contributed by atoms with E-state index in [0.29, 0.717) is 17.7 Å². The fourth-order valence-electron chi connectivity index (χ4n) is 4.04. The van der Waals surface area contributed by atoms with Crippen molar-refractivity contribution in [1.82, 2.24) is 4.98 Å². The van der Waals surface area contributed by atoms with Gasteiger partial charge < -0.3 is 15.1 Å². The lowest BCUT2D eigenvalue weighted by Crippen LogP contribution is -2.30. The van der Waals surface area contributed by atoms with E-state index in [0.717, 1.165) is 33.8 Å². The third-order valence-electron chi connectivity index (χ3n) is 5.80. The van der Waals surface area contributed by atoms with E-state index in [1.807, 2.05) is 54.1 Å². The van der Waals surface area contributed by atoms with E-state index in [2.05, 4.69) is 0 Å². The molecule has 0 aliphatic rings. The van der Waals surface area contributed by atoms with Gasteiger partial charge in [-0.05, 0) is 83.4 Å². The molecule has 5 nitrogen and oxygen atoms in total. The number of halogens is 1. The average Bonchev–Trinajstić information content (AvgIpc) is 3.35. The number of carbonyl (C=O) groups excluding carboxylic acids is 1. The molecule has 5 rings (SSSR count). The van der Waals surface area contributed by atoms with Crippen molar-refractivity contribution >= 4 is 33.8 Å². The summed E-state index contributed by atoms with van der Waals surface area (Å²) < 4.78 is 13.6. The predicted octanol–water partition coefficient (Wildman–Crippen LogP) is 6.67. The standard InChI is InChI=1S/C28H21FN2O3S/c1-17-12-20-13-21(29)4-9-25(20)30-27(17)19-2-5-22(6-3-19)31(15-18-10-11-35-16-18)28(34)24-8-7-23(32)14-26(24)33/h2-14,16,32-33H,15H2,1H3. The molecule has 0 atom stereocenters. The summed E-state index contributed by atoms with van der Waals surface area (Å²) in [6.07, 6.45) is 0. The van der Waals surface area contributed by atoms with Crippen LogP contribution < -0.4 is 4.90 Å². The number of anilines is 1. The van der Waals surface area contributed by atoms with Gasteiger partial charge in [-0.15, -0.1) is 0 Å². The Hall–Kier alpha value is -4.23. The summed E-state index contributed by atoms with van der Waals surface area (Å²) >= 11 is 1.54. The number of fused-ring (bicyclic) bond motifs is 1. The van der Waals surface area contributed by atoms with Gasteiger partial charge in [0, 0.05) is 22.7 Å². The molecule has 0 saturated carbocycles. The van der Waals surface area contributed by atoms with Gasteiger partial charge in [0.25, 0.3) is 5.91 Å². The van der Waals surface area contributed by atoms with E-state index >= 15 is 0 Å². The zero-order valence-corrected chi connectivity index (χ0v) is 19.6. The Balaban J connectivity index is 1.52. The number of rotatable bonds is 5. The zero-order chi connectivity index (χ0) is 24.5. The number of pyridine rings is 1. The average molecular weight is 485 g/mol. The number of benzene rings is 3. The van der Waals surface area contributed by atoms with Gasteiger partial charge in [0.15, 0.2) is 0 Å². The van der Waals surface area contributed by atoms with E-state index in [4.69, 9.17) is 4.98 Å². The lowest BCUT2D eigenvalue weighted by molar-refractivity contribution is 0.0982. The summed E-state index contributed by atoms with van der Waals surface area (Å²) in [7, 11) is 0. The number of phenolic OH excluding ortho intramolecular Hbond substituents is 2. The highest BCUT2D eigenvalue weighted by atomic mass is 32.1. The lowest BCUT2D eigenvalue weighted by atomic mass is 10.0. The number of hydrogen-bond acceptors (Lipinski definition) is 5. The highest BCUT2D eigenvalue weighted by Gasteiger charge is 2.22. The van der Waals surface area contributed by atoms with Gasteiger partial charge in [0.05, 0.1) is 23.3 Å². The maximum atomic E-state index is 13.6. The van der Waals surface area contributed by atoms with Gasteiger partial charge in [0.1, 0.15) is 17.3 Å². The number of thiophene rings is 1. The fourth-order valence-corrected chi connectivity index (χ4v) is 4.70. The molecule has 2 heterocycles. The van der Waals surface area contributed by atoms with Crippen molar-refractivity contribution in [2.24, 2.45) is 0 Å². The summed E-state index contributed by atoms with van der Waals surface area (Å²) in [5.41, 5.74) is 4.98. The maximum absolute atomic E-state index is 13.6. The molecule has 2 N–H and O–H groups in total. The molecule has 35 heavy (non-hydrogen) atoms. The normalized spacial score (nSPS) is 11.0. The highest BCUT2D eigenvalue weighted by Crippen LogP contribution is 2.31. The van der Waals surface area contributed by atoms with Crippen LogP contribution >= 0.6 is 11.3 Å². The molecule has 174 valence electrons. The number of phenols is 2. The highest BCUT2D eigenvalue weighted by molar-refractivity contribution is 7.07. The number of nitrogens with zero attached hydrogens (tertiary/aromatic N) is 2. The number of carbonyl (C=O) groups is 1. The molecule has 0 saturated heterocycles. The molecule has 0 radical (unpaired) electrons. The molecule has 2 aromatic heterocycles. The van der Waals surface area contributed by atoms with E-state index in [1.54, 1.807) is 22.3 Å². The molecule has 5 aromatic rings. The monoisotopic (exact) mass is 484 g/mol. The van der Waals surface area contributed by atoms with Crippen molar-refractivity contribution < 1.29 is 19.4 Å². The molecule has 3 aromatic carbocycles. The number of amides is 1. The van der Waals surface area contributed by atoms with Gasteiger partial charge in [-0.2, -0.15) is 11.3 Å². The maximum Gasteiger partial charge on any atom is 0.262 e. The van der Waals surface area contributed by atoms with Crippen molar-refractivity contribution in [2.45, 2.75) is 13.5 Å². The third-order valence-corrected chi connectivity index (χ3v) is 6.53. The molecule has 7 heteroatoms. The van der Waals surface area contributed by atoms with Crippen LogP contribution in [0.15, 0.2) is 83.6 Å². The van der Waals surface area contributed by atoms with E-state index in [-0.39, 0.29) is 28.8 Å². The van der Waals surface area contributed by atoms with Gasteiger partial charge in [-0.3, -0.25) is 4.79 Å². The summed E-state index contributed by atoms with van der Waals surface area (Å²) in [6, 6.07) is 19.8. The fraction of sp³-hybridized carbons (Fsp3) is 0.0714. The summed E-state index contributed by atoms with van der Waals surface area (Å²) in [5, 5.41) is 24.5. The summed E-state index contributed by atoms with van der Waals surface area (Å²) in [5.74, 6) is -1.09. The molecule has 1 amide bonds. The second-order valence-corrected chi connectivity index (χ2v) is 9.04. The van der Waals surface area contributed by atoms with E-state index < -0.39 is 0 Å². The van der Waals surface area contributed by atoms with Gasteiger partial charge in [-0.25, -0.2) is 9.37 Å². The topological polar surface area (TPSA) is 73.7 Å². The first-order valence-corrected chi connectivity index (χ1v) is 11.9. The second kappa shape index (κ2) is 9.19. The zero-order valence-electron chi connectivity index (χ0n) is 18.8. The largest absolute Gasteiger partial charge is 0.508 e. The van der Waals surface area contributed by atoms with E-state index in [9.17, 15) is 19.4 Å². The lowest BCUT2D eigenvalue weighted by Gasteiger charge is -2.23. The summed E-state index contributed by atoms with van der Waals surface area (Å²) in [6.45, 7) is 2.25. The Kier molecular flexibility index (Phi) is 5.93. The van der Waals surface area contributed by atoms with Crippen molar-refractivity contribution in [2.75, 3.05) is 4.90 Å². The molecule has 0 unspecified atom stereocenters. The quantitative estimate of drug-likeness (QED) is 0.292. The van der Waals surface area contributed by atoms with E-state index in [1.165, 1.54) is 24.3 Å². The van der Waals surface area contributed by atoms with Crippen LogP contribution in [0, 0.1) is 12.7 Å². The summed E-state index contributed by atoms with van der Waals surface area (Å²) in [4.78, 5) is 19.7. The van der Waals surface area contributed by atoms with Crippen molar-refractivity contribution in [3.8, 4) is 22.8 Å². The molecular weight excluding hydrogens is 463 g/mol. The first-order valence-electron chi connectivity index (χ1n) is 10.9. The van der Waals surface area contributed by atoms with Crippen LogP contribution in [0.3, 0.4) is 0 Å². The SMILES string of the molecule is Cc1cc2cc(F)ccc2nc1-c1ccc(N(Cc2ccsc2)C(=O)c2ccc(O)cc2O)cc1. The predicted molar refractivity (Wildman–Crippen MR) is 136 cm³/mol. The molecule has 0 spiro atoms. The van der Waals surface area contributed by atoms with Crippen molar-refractivity contribution in [3.05, 3.63) is 106 Å². The second-order valence-electron chi connectivity index (χ2n) is 8.26. The first kappa shape index (κ1) is 22.6. The Labute approximate surface area is 205 Å². The van der Waals surface area contributed by atoms with Gasteiger partial charge >= 0.3 is 0 Å². The number of hydrogen-bond donors (Lipinski definition) is 2. The number of aryl methyl sites for hydroxylation is 1. The number of aromatic nitrogens is 1. The van der Waals surface area contributed by atoms with Crippen LogP contribution in [0.2, 0.25) is 0 Å².